The summed E-state index contributed by atoms with van der Waals surface area (Å²) < 4.78 is 0. The van der Waals surface area contributed by atoms with Crippen LogP contribution in [0.1, 0.15) is 61.0 Å². The lowest BCUT2D eigenvalue weighted by molar-refractivity contribution is 0.405. The summed E-state index contributed by atoms with van der Waals surface area (Å²) in [6, 6.07) is 0. The Kier molecular flexibility index (Phi) is 2.74. The molecule has 4 nitrogen and oxygen atoms in total. The molecule has 0 spiro atoms. The molecule has 0 amide bonds. The summed E-state index contributed by atoms with van der Waals surface area (Å²) in [6.07, 6.45) is 6.61. The van der Waals surface area contributed by atoms with Crippen LogP contribution in [0, 0.1) is 0 Å². The molecule has 0 bridgehead atoms. The topological polar surface area (TPSA) is 71.8 Å². The summed E-state index contributed by atoms with van der Waals surface area (Å²) in [5.74, 6) is 1.93. The molecule has 1 aromatic rings. The number of hydrogen-bond acceptors (Lipinski definition) is 3. The van der Waals surface area contributed by atoms with Crippen LogP contribution in [0.5, 0.6) is 0 Å². The predicted octanol–water partition coefficient (Wildman–Crippen LogP) is 1.42. The summed E-state index contributed by atoms with van der Waals surface area (Å²) in [6.45, 7) is 0.521. The van der Waals surface area contributed by atoms with Crippen molar-refractivity contribution in [3.63, 3.8) is 0 Å². The molecule has 1 heterocycles. The van der Waals surface area contributed by atoms with Gasteiger partial charge in [0.2, 0.25) is 0 Å². The molecule has 0 atom stereocenters. The minimum atomic E-state index is 0.0502. The highest BCUT2D eigenvalue weighted by molar-refractivity contribution is 5.25. The first-order valence-electron chi connectivity index (χ1n) is 6.62. The molecule has 2 aliphatic rings. The second-order valence-electron chi connectivity index (χ2n) is 5.26. The Morgan fingerprint density at radius 2 is 2.00 bits per heavy atom. The van der Waals surface area contributed by atoms with E-state index in [0.29, 0.717) is 24.8 Å². The standard InChI is InChI=1S/C13H19N3O/c14-7-6-10-11(8-2-1-3-8)15-12(9-4-5-9)16-13(10)17/h8-9H,1-7,14H2,(H,15,16,17). The molecule has 1 aromatic heterocycles. The van der Waals surface area contributed by atoms with Gasteiger partial charge in [0.1, 0.15) is 5.82 Å². The second kappa shape index (κ2) is 4.26. The zero-order valence-electron chi connectivity index (χ0n) is 10.0. The van der Waals surface area contributed by atoms with Gasteiger partial charge in [-0.25, -0.2) is 4.98 Å². The summed E-state index contributed by atoms with van der Waals surface area (Å²) in [5.41, 5.74) is 7.52. The maximum absolute atomic E-state index is 12.1. The first kappa shape index (κ1) is 11.0. The Bertz CT molecular complexity index is 472. The molecule has 17 heavy (non-hydrogen) atoms. The summed E-state index contributed by atoms with van der Waals surface area (Å²) in [7, 11) is 0. The molecule has 0 saturated heterocycles. The molecule has 4 heteroatoms. The summed E-state index contributed by atoms with van der Waals surface area (Å²) >= 11 is 0. The first-order chi connectivity index (χ1) is 8.29. The number of aromatic amines is 1. The van der Waals surface area contributed by atoms with Crippen LogP contribution in [0.3, 0.4) is 0 Å². The van der Waals surface area contributed by atoms with Crippen LogP contribution in [0.15, 0.2) is 4.79 Å². The number of hydrogen-bond donors (Lipinski definition) is 2. The predicted molar refractivity (Wildman–Crippen MR) is 66.2 cm³/mol. The van der Waals surface area contributed by atoms with E-state index in [1.165, 1.54) is 32.1 Å². The summed E-state index contributed by atoms with van der Waals surface area (Å²) in [4.78, 5) is 19.7. The van der Waals surface area contributed by atoms with E-state index < -0.39 is 0 Å². The molecule has 0 aromatic carbocycles. The number of nitrogens with zero attached hydrogens (tertiary/aromatic N) is 1. The fourth-order valence-electron chi connectivity index (χ4n) is 2.49. The lowest BCUT2D eigenvalue weighted by Gasteiger charge is -2.26. The zero-order chi connectivity index (χ0) is 11.8. The average molecular weight is 233 g/mol. The van der Waals surface area contributed by atoms with Crippen molar-refractivity contribution in [1.82, 2.24) is 9.97 Å². The smallest absolute Gasteiger partial charge is 0.254 e. The quantitative estimate of drug-likeness (QED) is 0.826. The van der Waals surface area contributed by atoms with Gasteiger partial charge in [0, 0.05) is 17.4 Å². The van der Waals surface area contributed by atoms with Gasteiger partial charge < -0.3 is 10.7 Å². The van der Waals surface area contributed by atoms with Gasteiger partial charge in [0.05, 0.1) is 5.69 Å². The van der Waals surface area contributed by atoms with Crippen LogP contribution in [0.25, 0.3) is 0 Å². The van der Waals surface area contributed by atoms with Crippen molar-refractivity contribution in [1.29, 1.82) is 0 Å². The number of nitrogens with two attached hydrogens (primary N) is 1. The zero-order valence-corrected chi connectivity index (χ0v) is 10.0. The van der Waals surface area contributed by atoms with Crippen molar-refractivity contribution in [3.8, 4) is 0 Å². The Morgan fingerprint density at radius 3 is 2.53 bits per heavy atom. The molecule has 0 aliphatic heterocycles. The van der Waals surface area contributed by atoms with Crippen LogP contribution in [0.2, 0.25) is 0 Å². The lowest BCUT2D eigenvalue weighted by atomic mass is 9.81. The van der Waals surface area contributed by atoms with Crippen molar-refractivity contribution >= 4 is 0 Å². The Hall–Kier alpha value is -1.16. The second-order valence-corrected chi connectivity index (χ2v) is 5.26. The normalized spacial score (nSPS) is 20.3. The minimum Gasteiger partial charge on any atom is -0.330 e. The Morgan fingerprint density at radius 1 is 1.24 bits per heavy atom. The van der Waals surface area contributed by atoms with Crippen LogP contribution < -0.4 is 11.3 Å². The van der Waals surface area contributed by atoms with Gasteiger partial charge in [-0.3, -0.25) is 4.79 Å². The minimum absolute atomic E-state index is 0.0502. The van der Waals surface area contributed by atoms with Gasteiger partial charge in [-0.2, -0.15) is 0 Å². The van der Waals surface area contributed by atoms with E-state index in [4.69, 9.17) is 10.7 Å². The maximum Gasteiger partial charge on any atom is 0.254 e. The fourth-order valence-corrected chi connectivity index (χ4v) is 2.49. The van der Waals surface area contributed by atoms with Crippen molar-refractivity contribution < 1.29 is 0 Å². The van der Waals surface area contributed by atoms with E-state index in [1.807, 2.05) is 0 Å². The van der Waals surface area contributed by atoms with Gasteiger partial charge >= 0.3 is 0 Å². The van der Waals surface area contributed by atoms with E-state index in [1.54, 1.807) is 0 Å². The summed E-state index contributed by atoms with van der Waals surface area (Å²) in [5, 5.41) is 0. The van der Waals surface area contributed by atoms with Crippen LogP contribution in [-0.4, -0.2) is 16.5 Å². The third kappa shape index (κ3) is 2.02. The monoisotopic (exact) mass is 233 g/mol. The molecule has 0 radical (unpaired) electrons. The van der Waals surface area contributed by atoms with Gasteiger partial charge in [-0.15, -0.1) is 0 Å². The molecule has 92 valence electrons. The highest BCUT2D eigenvalue weighted by atomic mass is 16.1. The maximum atomic E-state index is 12.1. The Balaban J connectivity index is 2.02. The van der Waals surface area contributed by atoms with E-state index in [-0.39, 0.29) is 5.56 Å². The Labute approximate surface area is 101 Å². The molecule has 3 N–H and O–H groups in total. The van der Waals surface area contributed by atoms with Crippen LogP contribution >= 0.6 is 0 Å². The van der Waals surface area contributed by atoms with Crippen molar-refractivity contribution in [2.75, 3.05) is 6.54 Å². The van der Waals surface area contributed by atoms with E-state index in [9.17, 15) is 4.79 Å². The van der Waals surface area contributed by atoms with Crippen LogP contribution in [0.4, 0.5) is 0 Å². The van der Waals surface area contributed by atoms with Crippen molar-refractivity contribution in [3.05, 3.63) is 27.4 Å². The number of aromatic nitrogens is 2. The fraction of sp³-hybridized carbons (Fsp3) is 0.692. The molecular formula is C13H19N3O. The molecule has 2 aliphatic carbocycles. The molecule has 2 fully saturated rings. The lowest BCUT2D eigenvalue weighted by Crippen LogP contribution is -2.26. The molecular weight excluding hydrogens is 214 g/mol. The third-order valence-electron chi connectivity index (χ3n) is 3.92. The third-order valence-corrected chi connectivity index (χ3v) is 3.92. The van der Waals surface area contributed by atoms with Gasteiger partial charge in [-0.05, 0) is 38.6 Å². The molecule has 2 saturated carbocycles. The van der Waals surface area contributed by atoms with Crippen molar-refractivity contribution in [2.45, 2.75) is 50.4 Å². The molecule has 3 rings (SSSR count). The van der Waals surface area contributed by atoms with Gasteiger partial charge in [0.25, 0.3) is 5.56 Å². The highest BCUT2D eigenvalue weighted by Gasteiger charge is 2.30. The van der Waals surface area contributed by atoms with E-state index in [0.717, 1.165) is 17.1 Å². The van der Waals surface area contributed by atoms with Gasteiger partial charge in [-0.1, -0.05) is 6.42 Å². The SMILES string of the molecule is NCCc1c(C2CCC2)nc(C2CC2)[nH]c1=O. The number of H-pyrrole nitrogens is 1. The van der Waals surface area contributed by atoms with Crippen molar-refractivity contribution in [2.24, 2.45) is 5.73 Å². The van der Waals surface area contributed by atoms with Crippen LogP contribution in [-0.2, 0) is 6.42 Å². The largest absolute Gasteiger partial charge is 0.330 e. The van der Waals surface area contributed by atoms with Gasteiger partial charge in [0.15, 0.2) is 0 Å². The number of nitrogens with one attached hydrogen (secondary N) is 1. The van der Waals surface area contributed by atoms with E-state index >= 15 is 0 Å². The number of rotatable bonds is 4. The highest BCUT2D eigenvalue weighted by Crippen LogP contribution is 2.40. The first-order valence-corrected chi connectivity index (χ1v) is 6.62. The van der Waals surface area contributed by atoms with E-state index in [2.05, 4.69) is 4.98 Å². The molecule has 0 unspecified atom stereocenters. The average Bonchev–Trinajstić information content (AvgIpc) is 3.03.